The van der Waals surface area contributed by atoms with Crippen LogP contribution < -0.4 is 60.9 Å². The maximum atomic E-state index is 10.5. The number of thiophene rings is 1. The molecule has 0 bridgehead atoms. The number of hydrogen-bond acceptors (Lipinski definition) is 7. The van der Waals surface area contributed by atoms with Crippen LogP contribution in [0.4, 0.5) is 0 Å². The third-order valence-corrected chi connectivity index (χ3v) is 3.81. The molecule has 0 fully saturated rings. The second-order valence-corrected chi connectivity index (χ2v) is 5.99. The molecule has 6 nitrogen and oxygen atoms in total. The summed E-state index contributed by atoms with van der Waals surface area (Å²) in [6.45, 7) is 0.443. The van der Waals surface area contributed by atoms with Crippen molar-refractivity contribution in [2.24, 2.45) is 0 Å². The van der Waals surface area contributed by atoms with E-state index < -0.39 is 15.9 Å². The topological polar surface area (TPSA) is 78.9 Å². The number of likely N-dealkylation sites (N-methyl/N-ethyl adjacent to an activating group) is 1. The van der Waals surface area contributed by atoms with E-state index in [1.165, 1.54) is 11.3 Å². The predicted molar refractivity (Wildman–Crippen MR) is 61.4 cm³/mol. The largest absolute Gasteiger partial charge is 1.00 e. The molecule has 0 aromatic carbocycles. The summed E-state index contributed by atoms with van der Waals surface area (Å²) in [7, 11) is -2.50. The number of fused-ring (bicyclic) bond motifs is 1. The summed E-state index contributed by atoms with van der Waals surface area (Å²) in [5.41, 5.74) is 0. The molecule has 1 aromatic rings. The molecule has 0 N–H and O–H groups in total. The molecule has 2 rings (SSSR count). The SMILES string of the molecule is CN(CCS(=O)(=O)[O-])C1COc2cscc2O1.[K+]. The van der Waals surface area contributed by atoms with Crippen LogP contribution in [0.25, 0.3) is 0 Å². The second-order valence-electron chi connectivity index (χ2n) is 3.73. The minimum absolute atomic E-state index is 0. The molecule has 0 aliphatic carbocycles. The molecule has 96 valence electrons. The van der Waals surface area contributed by atoms with Gasteiger partial charge in [-0.25, -0.2) is 8.42 Å². The summed E-state index contributed by atoms with van der Waals surface area (Å²) in [5, 5.41) is 3.66. The standard InChI is InChI=1S/C9H13NO5S2.K/c1-10(2-3-17(11,12)13)9-4-14-7-5-16-6-8(7)15-9;/h5-6,9H,2-4H2,1H3,(H,11,12,13);/q;+1/p-1. The van der Waals surface area contributed by atoms with Crippen molar-refractivity contribution in [1.82, 2.24) is 4.90 Å². The summed E-state index contributed by atoms with van der Waals surface area (Å²) >= 11 is 1.47. The maximum Gasteiger partial charge on any atom is 1.00 e. The van der Waals surface area contributed by atoms with Crippen LogP contribution in [-0.2, 0) is 10.1 Å². The monoisotopic (exact) mass is 317 g/mol. The van der Waals surface area contributed by atoms with Crippen LogP contribution in [0.15, 0.2) is 10.8 Å². The molecule has 0 saturated carbocycles. The molecule has 1 atom stereocenters. The molecule has 18 heavy (non-hydrogen) atoms. The van der Waals surface area contributed by atoms with E-state index in [9.17, 15) is 13.0 Å². The third-order valence-electron chi connectivity index (χ3n) is 2.42. The average molecular weight is 317 g/mol. The van der Waals surface area contributed by atoms with Crippen molar-refractivity contribution in [3.05, 3.63) is 10.8 Å². The Kier molecular flexibility index (Phi) is 6.56. The zero-order chi connectivity index (χ0) is 12.5. The summed E-state index contributed by atoms with van der Waals surface area (Å²) in [4.78, 5) is 1.65. The van der Waals surface area contributed by atoms with Crippen molar-refractivity contribution in [3.8, 4) is 11.5 Å². The number of nitrogens with zero attached hydrogens (tertiary/aromatic N) is 1. The van der Waals surface area contributed by atoms with Gasteiger partial charge in [0.2, 0.25) is 0 Å². The van der Waals surface area contributed by atoms with Crippen LogP contribution in [-0.4, -0.2) is 50.1 Å². The Hall–Kier alpha value is 0.806. The van der Waals surface area contributed by atoms with Crippen LogP contribution in [0.1, 0.15) is 0 Å². The van der Waals surface area contributed by atoms with Gasteiger partial charge in [0.15, 0.2) is 17.7 Å². The van der Waals surface area contributed by atoms with Gasteiger partial charge in [0.25, 0.3) is 0 Å². The van der Waals surface area contributed by atoms with E-state index in [-0.39, 0.29) is 64.2 Å². The van der Waals surface area contributed by atoms with Gasteiger partial charge in [-0.3, -0.25) is 4.90 Å². The summed E-state index contributed by atoms with van der Waals surface area (Å²) < 4.78 is 42.6. The van der Waals surface area contributed by atoms with Gasteiger partial charge in [-0.2, -0.15) is 0 Å². The van der Waals surface area contributed by atoms with Crippen molar-refractivity contribution in [2.45, 2.75) is 6.23 Å². The van der Waals surface area contributed by atoms with E-state index in [1.54, 1.807) is 11.9 Å². The fourth-order valence-electron chi connectivity index (χ4n) is 1.42. The Labute approximate surface area is 152 Å². The molecule has 1 aromatic heterocycles. The second kappa shape index (κ2) is 7.00. The average Bonchev–Trinajstić information content (AvgIpc) is 2.71. The maximum absolute atomic E-state index is 10.5. The predicted octanol–water partition coefficient (Wildman–Crippen LogP) is -2.67. The van der Waals surface area contributed by atoms with Gasteiger partial charge >= 0.3 is 51.4 Å². The Bertz CT molecular complexity index is 489. The first-order valence-electron chi connectivity index (χ1n) is 4.95. The summed E-state index contributed by atoms with van der Waals surface area (Å²) in [5.74, 6) is 0.930. The molecule has 0 spiro atoms. The first kappa shape index (κ1) is 16.9. The third kappa shape index (κ3) is 4.73. The smallest absolute Gasteiger partial charge is 0.748 e. The van der Waals surface area contributed by atoms with Gasteiger partial charge in [0.05, 0.1) is 15.9 Å². The molecule has 2 heterocycles. The molecule has 1 aliphatic rings. The fourth-order valence-corrected chi connectivity index (χ4v) is 2.61. The fraction of sp³-hybridized carbons (Fsp3) is 0.556. The molecular weight excluding hydrogens is 305 g/mol. The molecule has 0 amide bonds. The number of ether oxygens (including phenoxy) is 2. The van der Waals surface area contributed by atoms with E-state index >= 15 is 0 Å². The van der Waals surface area contributed by atoms with E-state index in [1.807, 2.05) is 10.8 Å². The summed E-state index contributed by atoms with van der Waals surface area (Å²) in [6, 6.07) is 0. The van der Waals surface area contributed by atoms with Crippen LogP contribution in [0.5, 0.6) is 11.5 Å². The van der Waals surface area contributed by atoms with E-state index in [2.05, 4.69) is 0 Å². The van der Waals surface area contributed by atoms with Gasteiger partial charge < -0.3 is 14.0 Å². The van der Waals surface area contributed by atoms with E-state index in [4.69, 9.17) is 9.47 Å². The van der Waals surface area contributed by atoms with Gasteiger partial charge in [0, 0.05) is 17.3 Å². The van der Waals surface area contributed by atoms with Crippen molar-refractivity contribution in [3.63, 3.8) is 0 Å². The molecule has 1 aliphatic heterocycles. The van der Waals surface area contributed by atoms with Gasteiger partial charge in [0.1, 0.15) is 6.61 Å². The van der Waals surface area contributed by atoms with Crippen molar-refractivity contribution < 1.29 is 73.8 Å². The van der Waals surface area contributed by atoms with Crippen LogP contribution in [0.3, 0.4) is 0 Å². The van der Waals surface area contributed by atoms with E-state index in [0.29, 0.717) is 18.1 Å². The molecule has 0 saturated heterocycles. The first-order chi connectivity index (χ1) is 7.96. The Balaban J connectivity index is 0.00000162. The molecule has 1 unspecified atom stereocenters. The zero-order valence-corrected chi connectivity index (χ0v) is 14.9. The minimum atomic E-state index is -4.19. The van der Waals surface area contributed by atoms with Crippen molar-refractivity contribution in [1.29, 1.82) is 0 Å². The quantitative estimate of drug-likeness (QED) is 0.445. The summed E-state index contributed by atoms with van der Waals surface area (Å²) in [6.07, 6.45) is -0.362. The molecular formula is C9H12KNO5S2. The van der Waals surface area contributed by atoms with Crippen LogP contribution >= 0.6 is 11.3 Å². The van der Waals surface area contributed by atoms with Crippen molar-refractivity contribution in [2.75, 3.05) is 26.0 Å². The zero-order valence-electron chi connectivity index (χ0n) is 10.2. The van der Waals surface area contributed by atoms with Gasteiger partial charge in [-0.05, 0) is 7.05 Å². The van der Waals surface area contributed by atoms with Crippen LogP contribution in [0.2, 0.25) is 0 Å². The Morgan fingerprint density at radius 1 is 1.50 bits per heavy atom. The van der Waals surface area contributed by atoms with Gasteiger partial charge in [-0.15, -0.1) is 11.3 Å². The van der Waals surface area contributed by atoms with Crippen molar-refractivity contribution >= 4 is 21.5 Å². The minimum Gasteiger partial charge on any atom is -0.748 e. The number of hydrogen-bond donors (Lipinski definition) is 0. The normalized spacial score (nSPS) is 18.5. The van der Waals surface area contributed by atoms with Gasteiger partial charge in [-0.1, -0.05) is 0 Å². The Morgan fingerprint density at radius 2 is 2.17 bits per heavy atom. The molecule has 9 heteroatoms. The molecule has 0 radical (unpaired) electrons. The van der Waals surface area contributed by atoms with E-state index in [0.717, 1.165) is 0 Å². The Morgan fingerprint density at radius 3 is 2.83 bits per heavy atom. The first-order valence-corrected chi connectivity index (χ1v) is 7.47. The van der Waals surface area contributed by atoms with Crippen LogP contribution in [0, 0.1) is 0 Å². The number of rotatable bonds is 4.